The van der Waals surface area contributed by atoms with Crippen molar-refractivity contribution in [3.05, 3.63) is 53.5 Å². The van der Waals surface area contributed by atoms with Gasteiger partial charge in [-0.25, -0.2) is 4.79 Å². The Hall–Kier alpha value is -3.63. The first kappa shape index (κ1) is 23.5. The quantitative estimate of drug-likeness (QED) is 0.382. The van der Waals surface area contributed by atoms with E-state index in [1.807, 2.05) is 6.92 Å². The third kappa shape index (κ3) is 4.17. The van der Waals surface area contributed by atoms with Crippen LogP contribution < -0.4 is 10.1 Å². The summed E-state index contributed by atoms with van der Waals surface area (Å²) in [6, 6.07) is 5.64. The number of alkyl halides is 3. The number of aryl methyl sites for hydroxylation is 1. The zero-order valence-corrected chi connectivity index (χ0v) is 18.6. The summed E-state index contributed by atoms with van der Waals surface area (Å²) in [4.78, 5) is 30.5. The van der Waals surface area contributed by atoms with E-state index < -0.39 is 23.5 Å². The van der Waals surface area contributed by atoms with Gasteiger partial charge in [-0.15, -0.1) is 0 Å². The second-order valence-electron chi connectivity index (χ2n) is 8.15. The average molecular weight is 476 g/mol. The van der Waals surface area contributed by atoms with Crippen LogP contribution in [-0.4, -0.2) is 40.1 Å². The summed E-state index contributed by atoms with van der Waals surface area (Å²) in [5.41, 5.74) is 0.0242. The lowest BCUT2D eigenvalue weighted by molar-refractivity contribution is -0.154. The fraction of sp³-hybridized carbons (Fsp3) is 0.391. The number of benzene rings is 1. The Morgan fingerprint density at radius 2 is 2.03 bits per heavy atom. The number of carbonyl (C=O) groups excluding carboxylic acids is 2. The Labute approximate surface area is 193 Å². The number of halogens is 3. The number of fused-ring (bicyclic) bond motifs is 1. The molecule has 0 radical (unpaired) electrons. The second kappa shape index (κ2) is 8.96. The van der Waals surface area contributed by atoms with Gasteiger partial charge < -0.3 is 14.6 Å². The molecule has 1 atom stereocenters. The summed E-state index contributed by atoms with van der Waals surface area (Å²) < 4.78 is 49.9. The van der Waals surface area contributed by atoms with Gasteiger partial charge in [-0.3, -0.25) is 14.7 Å². The van der Waals surface area contributed by atoms with Gasteiger partial charge in [0, 0.05) is 30.1 Å². The number of urea groups is 1. The summed E-state index contributed by atoms with van der Waals surface area (Å²) in [6.07, 6.45) is -0.0844. The predicted molar refractivity (Wildman–Crippen MR) is 115 cm³/mol. The minimum Gasteiger partial charge on any atom is -0.493 e. The van der Waals surface area contributed by atoms with Crippen molar-refractivity contribution in [2.24, 2.45) is 0 Å². The van der Waals surface area contributed by atoms with Crippen molar-refractivity contribution in [3.8, 4) is 5.75 Å². The minimum absolute atomic E-state index is 0.114. The topological polar surface area (TPSA) is 97.6 Å². The molecule has 1 aliphatic rings. The number of nitrogens with one attached hydrogen (secondary N) is 1. The molecule has 1 fully saturated rings. The third-order valence-electron chi connectivity index (χ3n) is 5.77. The van der Waals surface area contributed by atoms with Crippen molar-refractivity contribution < 1.29 is 32.0 Å². The van der Waals surface area contributed by atoms with Gasteiger partial charge in [0.05, 0.1) is 12.0 Å². The summed E-state index contributed by atoms with van der Waals surface area (Å²) in [6.45, 7) is 3.78. The van der Waals surface area contributed by atoms with Crippen molar-refractivity contribution >= 4 is 22.8 Å². The van der Waals surface area contributed by atoms with Crippen LogP contribution in [-0.2, 0) is 22.9 Å². The molecule has 34 heavy (non-hydrogen) atoms. The second-order valence-corrected chi connectivity index (χ2v) is 8.15. The highest BCUT2D eigenvalue weighted by Crippen LogP contribution is 2.38. The zero-order valence-electron chi connectivity index (χ0n) is 18.6. The molecule has 180 valence electrons. The van der Waals surface area contributed by atoms with Crippen LogP contribution in [0.4, 0.5) is 18.0 Å². The SMILES string of the molecule is CCCc1c(OCCCN2C(=O)NC(C)(c3cccnc3)C2=O)ccc2c(C(F)(F)F)onc12. The van der Waals surface area contributed by atoms with Crippen molar-refractivity contribution in [1.29, 1.82) is 0 Å². The van der Waals surface area contributed by atoms with Crippen LogP contribution in [0.15, 0.2) is 41.2 Å². The Balaban J connectivity index is 1.44. The maximum Gasteiger partial charge on any atom is 0.453 e. The van der Waals surface area contributed by atoms with Crippen LogP contribution in [0.3, 0.4) is 0 Å². The number of nitrogens with zero attached hydrogens (tertiary/aromatic N) is 3. The smallest absolute Gasteiger partial charge is 0.453 e. The van der Waals surface area contributed by atoms with Gasteiger partial charge >= 0.3 is 12.2 Å². The number of amides is 3. The number of aromatic nitrogens is 2. The molecular weight excluding hydrogens is 453 g/mol. The molecule has 2 aromatic heterocycles. The average Bonchev–Trinajstić information content (AvgIpc) is 3.33. The van der Waals surface area contributed by atoms with E-state index in [1.165, 1.54) is 18.3 Å². The van der Waals surface area contributed by atoms with Crippen molar-refractivity contribution in [2.45, 2.75) is 44.8 Å². The van der Waals surface area contributed by atoms with Gasteiger partial charge in [0.2, 0.25) is 5.76 Å². The van der Waals surface area contributed by atoms with E-state index in [4.69, 9.17) is 4.74 Å². The molecule has 4 rings (SSSR count). The molecular formula is C23H23F3N4O4. The first-order valence-electron chi connectivity index (χ1n) is 10.8. The third-order valence-corrected chi connectivity index (χ3v) is 5.77. The number of carbonyl (C=O) groups is 2. The highest BCUT2D eigenvalue weighted by atomic mass is 19.4. The van der Waals surface area contributed by atoms with E-state index in [0.717, 1.165) is 4.90 Å². The summed E-state index contributed by atoms with van der Waals surface area (Å²) in [5, 5.41) is 6.23. The van der Waals surface area contributed by atoms with Crippen LogP contribution in [0.1, 0.15) is 43.6 Å². The van der Waals surface area contributed by atoms with Crippen LogP contribution in [0.25, 0.3) is 10.9 Å². The molecule has 0 spiro atoms. The molecule has 8 nitrogen and oxygen atoms in total. The van der Waals surface area contributed by atoms with E-state index in [2.05, 4.69) is 20.0 Å². The molecule has 1 aliphatic heterocycles. The van der Waals surface area contributed by atoms with Crippen LogP contribution in [0, 0.1) is 0 Å². The fourth-order valence-corrected chi connectivity index (χ4v) is 4.04. The van der Waals surface area contributed by atoms with Gasteiger partial charge in [-0.05, 0) is 38.0 Å². The van der Waals surface area contributed by atoms with Crippen molar-refractivity contribution in [1.82, 2.24) is 20.4 Å². The molecule has 0 saturated carbocycles. The maximum atomic E-state index is 13.2. The standard InChI is InChI=1S/C23H23F3N4O4/c1-3-6-15-17(9-8-16-18(15)29-34-19(16)23(24,25)26)33-12-5-11-30-20(31)22(2,28-21(30)32)14-7-4-10-27-13-14/h4,7-10,13H,3,5-6,11-12H2,1-2H3,(H,28,32). The molecule has 1 N–H and O–H groups in total. The lowest BCUT2D eigenvalue weighted by atomic mass is 9.93. The molecule has 0 aliphatic carbocycles. The lowest BCUT2D eigenvalue weighted by Gasteiger charge is -2.21. The molecule has 0 bridgehead atoms. The van der Waals surface area contributed by atoms with E-state index in [9.17, 15) is 22.8 Å². The summed E-state index contributed by atoms with van der Waals surface area (Å²) in [5.74, 6) is -1.13. The van der Waals surface area contributed by atoms with Gasteiger partial charge in [0.1, 0.15) is 16.8 Å². The molecule has 1 unspecified atom stereocenters. The van der Waals surface area contributed by atoms with Crippen LogP contribution >= 0.6 is 0 Å². The summed E-state index contributed by atoms with van der Waals surface area (Å²) in [7, 11) is 0. The first-order valence-corrected chi connectivity index (χ1v) is 10.8. The van der Waals surface area contributed by atoms with Crippen LogP contribution in [0.5, 0.6) is 5.75 Å². The predicted octanol–water partition coefficient (Wildman–Crippen LogP) is 4.43. The summed E-state index contributed by atoms with van der Waals surface area (Å²) >= 11 is 0. The number of pyridine rings is 1. The highest BCUT2D eigenvalue weighted by molar-refractivity contribution is 6.07. The molecule has 3 heterocycles. The number of imide groups is 1. The Morgan fingerprint density at radius 1 is 1.24 bits per heavy atom. The van der Waals surface area contributed by atoms with Gasteiger partial charge in [-0.2, -0.15) is 13.2 Å². The highest BCUT2D eigenvalue weighted by Gasteiger charge is 2.48. The largest absolute Gasteiger partial charge is 0.493 e. The zero-order chi connectivity index (χ0) is 24.5. The van der Waals surface area contributed by atoms with E-state index in [1.54, 1.807) is 25.3 Å². The Kier molecular flexibility index (Phi) is 6.20. The number of rotatable bonds is 8. The number of ether oxygens (including phenoxy) is 1. The van der Waals surface area contributed by atoms with Gasteiger partial charge in [-0.1, -0.05) is 24.6 Å². The van der Waals surface area contributed by atoms with Gasteiger partial charge in [0.15, 0.2) is 0 Å². The number of hydrogen-bond donors (Lipinski definition) is 1. The van der Waals surface area contributed by atoms with Gasteiger partial charge in [0.25, 0.3) is 5.91 Å². The molecule has 1 saturated heterocycles. The fourth-order valence-electron chi connectivity index (χ4n) is 4.04. The molecule has 11 heteroatoms. The van der Waals surface area contributed by atoms with Crippen molar-refractivity contribution in [3.63, 3.8) is 0 Å². The molecule has 3 aromatic rings. The van der Waals surface area contributed by atoms with E-state index >= 15 is 0 Å². The monoisotopic (exact) mass is 476 g/mol. The van der Waals surface area contributed by atoms with Crippen LogP contribution in [0.2, 0.25) is 0 Å². The van der Waals surface area contributed by atoms with E-state index in [0.29, 0.717) is 36.1 Å². The lowest BCUT2D eigenvalue weighted by Crippen LogP contribution is -2.41. The Morgan fingerprint density at radius 3 is 2.71 bits per heavy atom. The minimum atomic E-state index is -4.65. The number of hydrogen-bond acceptors (Lipinski definition) is 6. The van der Waals surface area contributed by atoms with E-state index in [-0.39, 0.29) is 30.0 Å². The van der Waals surface area contributed by atoms with Crippen molar-refractivity contribution in [2.75, 3.05) is 13.2 Å². The molecule has 1 aromatic carbocycles. The maximum absolute atomic E-state index is 13.2. The molecule has 3 amide bonds. The first-order chi connectivity index (χ1) is 16.2. The Bertz CT molecular complexity index is 1210. The normalized spacial score (nSPS) is 18.6.